The quantitative estimate of drug-likeness (QED) is 0.754. The highest BCUT2D eigenvalue weighted by Crippen LogP contribution is 2.48. The van der Waals surface area contributed by atoms with Gasteiger partial charge in [0, 0.05) is 16.9 Å². The SMILES string of the molecule is CC1(C)CCC(C2CNc3c(Br)cccc32)CC1. The number of hydrogen-bond donors (Lipinski definition) is 1. The molecule has 0 bridgehead atoms. The molecule has 1 nitrogen and oxygen atoms in total. The lowest BCUT2D eigenvalue weighted by Crippen LogP contribution is -2.25. The van der Waals surface area contributed by atoms with E-state index in [2.05, 4.69) is 53.3 Å². The van der Waals surface area contributed by atoms with Crippen LogP contribution in [0.1, 0.15) is 51.0 Å². The molecular formula is C16H22BrN. The molecule has 1 aromatic rings. The van der Waals surface area contributed by atoms with Crippen molar-refractivity contribution in [2.24, 2.45) is 11.3 Å². The Hall–Kier alpha value is -0.500. The van der Waals surface area contributed by atoms with E-state index in [1.54, 1.807) is 0 Å². The predicted octanol–water partition coefficient (Wildman–Crippen LogP) is 5.17. The number of hydrogen-bond acceptors (Lipinski definition) is 1. The molecule has 18 heavy (non-hydrogen) atoms. The number of halogens is 1. The first kappa shape index (κ1) is 12.5. The fourth-order valence-electron chi connectivity index (χ4n) is 3.60. The monoisotopic (exact) mass is 307 g/mol. The van der Waals surface area contributed by atoms with Gasteiger partial charge in [-0.1, -0.05) is 26.0 Å². The lowest BCUT2D eigenvalue weighted by Gasteiger charge is -2.37. The number of para-hydroxylation sites is 1. The highest BCUT2D eigenvalue weighted by atomic mass is 79.9. The number of benzene rings is 1. The van der Waals surface area contributed by atoms with Crippen LogP contribution in [-0.2, 0) is 0 Å². The fraction of sp³-hybridized carbons (Fsp3) is 0.625. The maximum Gasteiger partial charge on any atom is 0.0521 e. The van der Waals surface area contributed by atoms with Crippen molar-refractivity contribution in [1.29, 1.82) is 0 Å². The standard InChI is InChI=1S/C16H22BrN/c1-16(2)8-6-11(7-9-16)13-10-18-15-12(13)4-3-5-14(15)17/h3-5,11,13,18H,6-10H2,1-2H3. The molecule has 0 amide bonds. The number of nitrogens with one attached hydrogen (secondary N) is 1. The van der Waals surface area contributed by atoms with Crippen molar-refractivity contribution in [3.63, 3.8) is 0 Å². The van der Waals surface area contributed by atoms with E-state index in [4.69, 9.17) is 0 Å². The van der Waals surface area contributed by atoms with Gasteiger partial charge in [0.15, 0.2) is 0 Å². The zero-order valence-electron chi connectivity index (χ0n) is 11.3. The summed E-state index contributed by atoms with van der Waals surface area (Å²) in [4.78, 5) is 0. The van der Waals surface area contributed by atoms with Crippen molar-refractivity contribution in [1.82, 2.24) is 0 Å². The molecule has 2 heteroatoms. The van der Waals surface area contributed by atoms with E-state index in [0.29, 0.717) is 5.41 Å². The minimum absolute atomic E-state index is 0.572. The second-order valence-corrected chi connectivity index (χ2v) is 7.55. The Morgan fingerprint density at radius 2 is 1.94 bits per heavy atom. The molecule has 98 valence electrons. The molecule has 3 rings (SSSR count). The molecule has 1 aromatic carbocycles. The van der Waals surface area contributed by atoms with Gasteiger partial charge in [0.25, 0.3) is 0 Å². The van der Waals surface area contributed by atoms with Crippen molar-refractivity contribution in [3.8, 4) is 0 Å². The van der Waals surface area contributed by atoms with Gasteiger partial charge in [0.05, 0.1) is 5.69 Å². The van der Waals surface area contributed by atoms with Crippen LogP contribution in [0.4, 0.5) is 5.69 Å². The van der Waals surface area contributed by atoms with Crippen LogP contribution < -0.4 is 5.32 Å². The summed E-state index contributed by atoms with van der Waals surface area (Å²) < 4.78 is 1.22. The third kappa shape index (κ3) is 2.20. The number of fused-ring (bicyclic) bond motifs is 1. The molecule has 1 heterocycles. The van der Waals surface area contributed by atoms with Crippen LogP contribution >= 0.6 is 15.9 Å². The molecule has 0 saturated heterocycles. The van der Waals surface area contributed by atoms with Crippen LogP contribution in [0.5, 0.6) is 0 Å². The minimum atomic E-state index is 0.572. The summed E-state index contributed by atoms with van der Waals surface area (Å²) in [5.41, 5.74) is 3.45. The van der Waals surface area contributed by atoms with Gasteiger partial charge in [0.2, 0.25) is 0 Å². The molecule has 1 saturated carbocycles. The largest absolute Gasteiger partial charge is 0.383 e. The smallest absolute Gasteiger partial charge is 0.0521 e. The van der Waals surface area contributed by atoms with Gasteiger partial charge >= 0.3 is 0 Å². The van der Waals surface area contributed by atoms with E-state index in [1.165, 1.54) is 41.4 Å². The first-order chi connectivity index (χ1) is 8.57. The molecule has 1 aliphatic carbocycles. The molecule has 1 unspecified atom stereocenters. The topological polar surface area (TPSA) is 12.0 Å². The summed E-state index contributed by atoms with van der Waals surface area (Å²) >= 11 is 3.65. The first-order valence-electron chi connectivity index (χ1n) is 7.09. The van der Waals surface area contributed by atoms with Crippen molar-refractivity contribution in [2.75, 3.05) is 11.9 Å². The lowest BCUT2D eigenvalue weighted by molar-refractivity contribution is 0.176. The Morgan fingerprint density at radius 3 is 2.67 bits per heavy atom. The van der Waals surface area contributed by atoms with Gasteiger partial charge in [-0.05, 0) is 64.6 Å². The molecule has 0 radical (unpaired) electrons. The van der Waals surface area contributed by atoms with Gasteiger partial charge in [-0.25, -0.2) is 0 Å². The van der Waals surface area contributed by atoms with Crippen molar-refractivity contribution < 1.29 is 0 Å². The van der Waals surface area contributed by atoms with Crippen LogP contribution in [-0.4, -0.2) is 6.54 Å². The van der Waals surface area contributed by atoms with Gasteiger partial charge in [-0.15, -0.1) is 0 Å². The van der Waals surface area contributed by atoms with Crippen molar-refractivity contribution >= 4 is 21.6 Å². The normalized spacial score (nSPS) is 26.7. The van der Waals surface area contributed by atoms with Crippen LogP contribution in [0.3, 0.4) is 0 Å². The Bertz CT molecular complexity index is 442. The minimum Gasteiger partial charge on any atom is -0.383 e. The lowest BCUT2D eigenvalue weighted by atomic mass is 9.68. The zero-order chi connectivity index (χ0) is 12.8. The summed E-state index contributed by atoms with van der Waals surface area (Å²) in [6.45, 7) is 5.96. The molecule has 1 fully saturated rings. The first-order valence-corrected chi connectivity index (χ1v) is 7.88. The van der Waals surface area contributed by atoms with Gasteiger partial charge in [-0.3, -0.25) is 0 Å². The Kier molecular flexibility index (Phi) is 3.17. The molecule has 0 aromatic heterocycles. The van der Waals surface area contributed by atoms with Gasteiger partial charge < -0.3 is 5.32 Å². The number of anilines is 1. The molecule has 2 aliphatic rings. The third-order valence-electron chi connectivity index (χ3n) is 4.90. The summed E-state index contributed by atoms with van der Waals surface area (Å²) in [5.74, 6) is 1.61. The highest BCUT2D eigenvalue weighted by Gasteiger charge is 2.35. The Labute approximate surface area is 118 Å². The molecule has 1 aliphatic heterocycles. The van der Waals surface area contributed by atoms with E-state index in [-0.39, 0.29) is 0 Å². The third-order valence-corrected chi connectivity index (χ3v) is 5.56. The zero-order valence-corrected chi connectivity index (χ0v) is 12.9. The van der Waals surface area contributed by atoms with E-state index < -0.39 is 0 Å². The van der Waals surface area contributed by atoms with E-state index >= 15 is 0 Å². The van der Waals surface area contributed by atoms with Crippen LogP contribution in [0.2, 0.25) is 0 Å². The molecular weight excluding hydrogens is 286 g/mol. The van der Waals surface area contributed by atoms with Crippen molar-refractivity contribution in [3.05, 3.63) is 28.2 Å². The average Bonchev–Trinajstić information content (AvgIpc) is 2.74. The predicted molar refractivity (Wildman–Crippen MR) is 81.1 cm³/mol. The van der Waals surface area contributed by atoms with Crippen LogP contribution in [0.25, 0.3) is 0 Å². The molecule has 0 spiro atoms. The van der Waals surface area contributed by atoms with Crippen LogP contribution in [0.15, 0.2) is 22.7 Å². The van der Waals surface area contributed by atoms with E-state index in [0.717, 1.165) is 18.4 Å². The summed E-state index contributed by atoms with van der Waals surface area (Å²) in [5, 5.41) is 3.59. The average molecular weight is 308 g/mol. The van der Waals surface area contributed by atoms with Crippen molar-refractivity contribution in [2.45, 2.75) is 45.4 Å². The van der Waals surface area contributed by atoms with E-state index in [1.807, 2.05) is 0 Å². The highest BCUT2D eigenvalue weighted by molar-refractivity contribution is 9.10. The maximum atomic E-state index is 3.65. The number of rotatable bonds is 1. The fourth-order valence-corrected chi connectivity index (χ4v) is 4.12. The summed E-state index contributed by atoms with van der Waals surface area (Å²) in [6.07, 6.45) is 5.56. The van der Waals surface area contributed by atoms with Gasteiger partial charge in [-0.2, -0.15) is 0 Å². The summed E-state index contributed by atoms with van der Waals surface area (Å²) in [7, 11) is 0. The molecule has 1 N–H and O–H groups in total. The second kappa shape index (κ2) is 4.56. The Balaban J connectivity index is 1.79. The molecule has 1 atom stereocenters. The van der Waals surface area contributed by atoms with Crippen LogP contribution in [0, 0.1) is 11.3 Å². The van der Waals surface area contributed by atoms with E-state index in [9.17, 15) is 0 Å². The maximum absolute atomic E-state index is 3.65. The van der Waals surface area contributed by atoms with Gasteiger partial charge in [0.1, 0.15) is 0 Å². The Morgan fingerprint density at radius 1 is 1.22 bits per heavy atom. The summed E-state index contributed by atoms with van der Waals surface area (Å²) in [6, 6.07) is 6.62. The second-order valence-electron chi connectivity index (χ2n) is 6.69.